The number of likely N-dealkylation sites (N-methyl/N-ethyl adjacent to an activating group) is 1. The number of carbonyl (C=O) groups is 1. The third-order valence-electron chi connectivity index (χ3n) is 5.56. The van der Waals surface area contributed by atoms with Gasteiger partial charge in [0.05, 0.1) is 12.3 Å². The molecule has 2 aliphatic rings. The molecule has 2 N–H and O–H groups in total. The Bertz CT molecular complexity index is 582. The van der Waals surface area contributed by atoms with Crippen LogP contribution in [0.15, 0.2) is 12.4 Å². The summed E-state index contributed by atoms with van der Waals surface area (Å²) < 4.78 is 7.62. The summed E-state index contributed by atoms with van der Waals surface area (Å²) in [5.74, 6) is 0.133. The van der Waals surface area contributed by atoms with E-state index >= 15 is 0 Å². The highest BCUT2D eigenvalue weighted by atomic mass is 16.5. The number of rotatable bonds is 3. The van der Waals surface area contributed by atoms with Gasteiger partial charge >= 0.3 is 0 Å². The molecule has 2 heterocycles. The molecule has 3 rings (SSSR count). The normalized spacial score (nSPS) is 33.0. The smallest absolute Gasteiger partial charge is 0.243 e. The lowest BCUT2D eigenvalue weighted by atomic mass is 9.46. The average molecular weight is 306 g/mol. The molecule has 1 aromatic rings. The molecule has 6 nitrogen and oxygen atoms in total. The molecule has 1 saturated carbocycles. The summed E-state index contributed by atoms with van der Waals surface area (Å²) in [6.45, 7) is 5.41. The first-order valence-corrected chi connectivity index (χ1v) is 7.92. The van der Waals surface area contributed by atoms with Gasteiger partial charge in [-0.15, -0.1) is 0 Å². The van der Waals surface area contributed by atoms with Crippen molar-refractivity contribution in [1.82, 2.24) is 14.7 Å². The Balaban J connectivity index is 1.78. The summed E-state index contributed by atoms with van der Waals surface area (Å²) in [4.78, 5) is 14.8. The van der Waals surface area contributed by atoms with Crippen molar-refractivity contribution in [3.63, 3.8) is 0 Å². The quantitative estimate of drug-likeness (QED) is 0.901. The van der Waals surface area contributed by atoms with Crippen molar-refractivity contribution in [1.29, 1.82) is 0 Å². The SMILES string of the molecule is CN(Cc1cnn(C)c1)C(=O)C1(N)C2CCCOC2C1(C)C. The van der Waals surface area contributed by atoms with Crippen LogP contribution in [0.2, 0.25) is 0 Å². The van der Waals surface area contributed by atoms with E-state index < -0.39 is 5.54 Å². The van der Waals surface area contributed by atoms with Crippen LogP contribution >= 0.6 is 0 Å². The van der Waals surface area contributed by atoms with Crippen LogP contribution in [0, 0.1) is 11.3 Å². The summed E-state index contributed by atoms with van der Waals surface area (Å²) in [5.41, 5.74) is 6.48. The highest BCUT2D eigenvalue weighted by Gasteiger charge is 2.70. The lowest BCUT2D eigenvalue weighted by molar-refractivity contribution is -0.229. The minimum absolute atomic E-state index is 0.00750. The van der Waals surface area contributed by atoms with Crippen LogP contribution in [0.25, 0.3) is 0 Å². The van der Waals surface area contributed by atoms with Crippen molar-refractivity contribution in [3.05, 3.63) is 18.0 Å². The summed E-state index contributed by atoms with van der Waals surface area (Å²) in [5, 5.41) is 4.15. The Labute approximate surface area is 131 Å². The molecule has 1 aliphatic carbocycles. The van der Waals surface area contributed by atoms with E-state index in [0.29, 0.717) is 6.54 Å². The number of hydrogen-bond donors (Lipinski definition) is 1. The highest BCUT2D eigenvalue weighted by Crippen LogP contribution is 2.57. The molecule has 2 fully saturated rings. The molecule has 0 spiro atoms. The van der Waals surface area contributed by atoms with E-state index in [1.54, 1.807) is 15.8 Å². The van der Waals surface area contributed by atoms with Gasteiger partial charge in [0.15, 0.2) is 0 Å². The van der Waals surface area contributed by atoms with Crippen molar-refractivity contribution >= 4 is 5.91 Å². The van der Waals surface area contributed by atoms with Gasteiger partial charge in [0.1, 0.15) is 5.54 Å². The summed E-state index contributed by atoms with van der Waals surface area (Å²) in [6, 6.07) is 0. The van der Waals surface area contributed by atoms with Gasteiger partial charge in [-0.2, -0.15) is 5.10 Å². The molecule has 3 unspecified atom stereocenters. The first-order valence-electron chi connectivity index (χ1n) is 7.92. The van der Waals surface area contributed by atoms with E-state index in [0.717, 1.165) is 25.0 Å². The standard InChI is InChI=1S/C16H26N4O2/c1-15(2)13-12(6-5-7-22-13)16(15,17)14(21)19(3)9-11-8-18-20(4)10-11/h8,10,12-13H,5-7,9,17H2,1-4H3. The van der Waals surface area contributed by atoms with Gasteiger partial charge in [-0.25, -0.2) is 0 Å². The van der Waals surface area contributed by atoms with Crippen LogP contribution in [0.5, 0.6) is 0 Å². The van der Waals surface area contributed by atoms with Crippen LogP contribution in [-0.4, -0.2) is 45.9 Å². The fourth-order valence-electron chi connectivity index (χ4n) is 4.23. The predicted molar refractivity (Wildman–Crippen MR) is 82.8 cm³/mol. The molecular weight excluding hydrogens is 280 g/mol. The number of hydrogen-bond acceptors (Lipinski definition) is 4. The van der Waals surface area contributed by atoms with Gasteiger partial charge in [0, 0.05) is 50.3 Å². The van der Waals surface area contributed by atoms with E-state index in [9.17, 15) is 4.79 Å². The second kappa shape index (κ2) is 5.06. The Morgan fingerprint density at radius 1 is 1.59 bits per heavy atom. The van der Waals surface area contributed by atoms with Crippen molar-refractivity contribution in [2.75, 3.05) is 13.7 Å². The van der Waals surface area contributed by atoms with Gasteiger partial charge in [-0.1, -0.05) is 13.8 Å². The molecule has 0 aromatic carbocycles. The van der Waals surface area contributed by atoms with Crippen molar-refractivity contribution < 1.29 is 9.53 Å². The first kappa shape index (κ1) is 15.5. The Morgan fingerprint density at radius 3 is 2.95 bits per heavy atom. The van der Waals surface area contributed by atoms with E-state index in [1.807, 2.05) is 20.3 Å². The molecule has 122 valence electrons. The maximum atomic E-state index is 13.0. The number of carbonyl (C=O) groups excluding carboxylic acids is 1. The van der Waals surface area contributed by atoms with Crippen molar-refractivity contribution in [3.8, 4) is 0 Å². The maximum absolute atomic E-state index is 13.0. The average Bonchev–Trinajstić information content (AvgIpc) is 2.90. The van der Waals surface area contributed by atoms with Crippen LogP contribution < -0.4 is 5.73 Å². The van der Waals surface area contributed by atoms with Crippen LogP contribution in [0.3, 0.4) is 0 Å². The van der Waals surface area contributed by atoms with E-state index in [-0.39, 0.29) is 23.3 Å². The molecule has 1 amide bonds. The second-order valence-electron chi connectivity index (χ2n) is 7.31. The molecular formula is C16H26N4O2. The van der Waals surface area contributed by atoms with Crippen LogP contribution in [-0.2, 0) is 23.1 Å². The zero-order valence-corrected chi connectivity index (χ0v) is 13.9. The molecule has 3 atom stereocenters. The third-order valence-corrected chi connectivity index (χ3v) is 5.56. The number of ether oxygens (including phenoxy) is 1. The number of nitrogens with two attached hydrogens (primary N) is 1. The minimum atomic E-state index is -0.838. The number of aromatic nitrogens is 2. The Kier molecular flexibility index (Phi) is 3.57. The lowest BCUT2D eigenvalue weighted by Gasteiger charge is -2.65. The first-order chi connectivity index (χ1) is 10.3. The van der Waals surface area contributed by atoms with Gasteiger partial charge in [0.25, 0.3) is 0 Å². The molecule has 1 aromatic heterocycles. The minimum Gasteiger partial charge on any atom is -0.377 e. The Hall–Kier alpha value is -1.40. The molecule has 0 bridgehead atoms. The molecule has 22 heavy (non-hydrogen) atoms. The molecule has 0 radical (unpaired) electrons. The van der Waals surface area contributed by atoms with E-state index in [2.05, 4.69) is 18.9 Å². The summed E-state index contributed by atoms with van der Waals surface area (Å²) in [6.07, 6.45) is 5.76. The number of fused-ring (bicyclic) bond motifs is 1. The topological polar surface area (TPSA) is 73.4 Å². The van der Waals surface area contributed by atoms with Crippen LogP contribution in [0.1, 0.15) is 32.3 Å². The molecule has 6 heteroatoms. The van der Waals surface area contributed by atoms with Gasteiger partial charge in [-0.3, -0.25) is 9.48 Å². The largest absolute Gasteiger partial charge is 0.377 e. The van der Waals surface area contributed by atoms with Gasteiger partial charge in [0.2, 0.25) is 5.91 Å². The van der Waals surface area contributed by atoms with E-state index in [1.165, 1.54) is 0 Å². The van der Waals surface area contributed by atoms with Crippen molar-refractivity contribution in [2.45, 2.75) is 44.9 Å². The zero-order valence-electron chi connectivity index (χ0n) is 13.9. The zero-order chi connectivity index (χ0) is 16.1. The Morgan fingerprint density at radius 2 is 2.32 bits per heavy atom. The summed E-state index contributed by atoms with van der Waals surface area (Å²) in [7, 11) is 3.69. The number of aryl methyl sites for hydroxylation is 1. The van der Waals surface area contributed by atoms with Gasteiger partial charge in [-0.05, 0) is 12.8 Å². The van der Waals surface area contributed by atoms with Gasteiger partial charge < -0.3 is 15.4 Å². The van der Waals surface area contributed by atoms with E-state index in [4.69, 9.17) is 10.5 Å². The monoisotopic (exact) mass is 306 g/mol. The predicted octanol–water partition coefficient (Wildman–Crippen LogP) is 0.911. The second-order valence-corrected chi connectivity index (χ2v) is 7.31. The number of amides is 1. The third kappa shape index (κ3) is 2.01. The molecule has 1 saturated heterocycles. The molecule has 1 aliphatic heterocycles. The highest BCUT2D eigenvalue weighted by molar-refractivity contribution is 5.89. The maximum Gasteiger partial charge on any atom is 0.243 e. The number of nitrogens with zero attached hydrogens (tertiary/aromatic N) is 3. The fourth-order valence-corrected chi connectivity index (χ4v) is 4.23. The van der Waals surface area contributed by atoms with Crippen LogP contribution in [0.4, 0.5) is 0 Å². The lowest BCUT2D eigenvalue weighted by Crippen LogP contribution is -2.82. The fraction of sp³-hybridized carbons (Fsp3) is 0.750. The summed E-state index contributed by atoms with van der Waals surface area (Å²) >= 11 is 0. The van der Waals surface area contributed by atoms with Crippen molar-refractivity contribution in [2.24, 2.45) is 24.1 Å².